The van der Waals surface area contributed by atoms with E-state index < -0.39 is 18.7 Å². The first-order valence-corrected chi connectivity index (χ1v) is 3.22. The van der Waals surface area contributed by atoms with Crippen LogP contribution < -0.4 is 0 Å². The van der Waals surface area contributed by atoms with Gasteiger partial charge in [0.2, 0.25) is 0 Å². The highest BCUT2D eigenvalue weighted by Gasteiger charge is 1.98. The van der Waals surface area contributed by atoms with E-state index in [1.165, 1.54) is 12.1 Å². The minimum absolute atomic E-state index is 0.101. The Morgan fingerprint density at radius 2 is 2.00 bits per heavy atom. The van der Waals surface area contributed by atoms with Crippen LogP contribution in [0.2, 0.25) is 0 Å². The average molecular weight is 170 g/mol. The molecule has 0 atom stereocenters. The van der Waals surface area contributed by atoms with Gasteiger partial charge in [0.15, 0.2) is 0 Å². The van der Waals surface area contributed by atoms with Crippen LogP contribution in [0.15, 0.2) is 24.3 Å². The lowest BCUT2D eigenvalue weighted by atomic mass is 10.1. The van der Waals surface area contributed by atoms with Crippen molar-refractivity contribution in [1.82, 2.24) is 0 Å². The first kappa shape index (κ1) is 4.50. The Labute approximate surface area is 75.9 Å². The largest absolute Gasteiger partial charge is 0.508 e. The summed E-state index contributed by atoms with van der Waals surface area (Å²) in [4.78, 5) is 10.6. The Morgan fingerprint density at radius 3 is 2.50 bits per heavy atom. The van der Waals surface area contributed by atoms with E-state index in [4.69, 9.17) is 15.7 Å². The van der Waals surface area contributed by atoms with Crippen LogP contribution in [0, 0.1) is 0 Å². The predicted octanol–water partition coefficient (Wildman–Crippen LogP) is 1.41. The molecule has 0 bridgehead atoms. The molecule has 2 N–H and O–H groups in total. The monoisotopic (exact) mass is 170 g/mol. The van der Waals surface area contributed by atoms with Gasteiger partial charge in [0, 0.05) is 11.9 Å². The third-order valence-corrected chi connectivity index (χ3v) is 1.18. The number of phenols is 1. The Bertz CT molecular complexity index is 400. The molecule has 0 radical (unpaired) electrons. The van der Waals surface area contributed by atoms with Crippen molar-refractivity contribution in [3.05, 3.63) is 29.8 Å². The third-order valence-electron chi connectivity index (χ3n) is 1.18. The van der Waals surface area contributed by atoms with Gasteiger partial charge in [-0.15, -0.1) is 0 Å². The molecule has 1 rings (SSSR count). The zero-order chi connectivity index (χ0) is 12.6. The van der Waals surface area contributed by atoms with Crippen LogP contribution in [-0.4, -0.2) is 16.2 Å². The Hall–Kier alpha value is -1.51. The molecular formula is C9H10O3. The van der Waals surface area contributed by atoms with Crippen LogP contribution in [0.25, 0.3) is 0 Å². The number of carboxylic acid groups (broad SMARTS) is 1. The number of aromatic hydroxyl groups is 1. The summed E-state index contributed by atoms with van der Waals surface area (Å²) < 4.78 is 29.4. The smallest absolute Gasteiger partial charge is 0.303 e. The van der Waals surface area contributed by atoms with Crippen molar-refractivity contribution < 1.29 is 20.5 Å². The number of hydrogen-bond acceptors (Lipinski definition) is 2. The minimum Gasteiger partial charge on any atom is -0.508 e. The molecule has 0 saturated heterocycles. The molecule has 1 aromatic rings. The topological polar surface area (TPSA) is 57.5 Å². The molecule has 0 amide bonds. The van der Waals surface area contributed by atoms with Gasteiger partial charge in [0.1, 0.15) is 5.75 Å². The zero-order valence-electron chi connectivity index (χ0n) is 10.1. The van der Waals surface area contributed by atoms with Crippen molar-refractivity contribution in [2.24, 2.45) is 0 Å². The van der Waals surface area contributed by atoms with Gasteiger partial charge in [-0.25, -0.2) is 0 Å². The summed E-state index contributed by atoms with van der Waals surface area (Å²) in [7, 11) is 0. The molecule has 3 nitrogen and oxygen atoms in total. The van der Waals surface area contributed by atoms with Crippen molar-refractivity contribution in [3.8, 4) is 5.75 Å². The maximum Gasteiger partial charge on any atom is 0.303 e. The van der Waals surface area contributed by atoms with Gasteiger partial charge < -0.3 is 10.2 Å². The van der Waals surface area contributed by atoms with E-state index in [0.29, 0.717) is 0 Å². The Balaban J connectivity index is 3.20. The number of benzene rings is 1. The number of carboxylic acids is 1. The lowest BCUT2D eigenvalue weighted by Crippen LogP contribution is -1.96. The van der Waals surface area contributed by atoms with E-state index >= 15 is 0 Å². The highest BCUT2D eigenvalue weighted by atomic mass is 16.4. The van der Waals surface area contributed by atoms with Crippen LogP contribution in [0.4, 0.5) is 0 Å². The van der Waals surface area contributed by atoms with Gasteiger partial charge in [-0.2, -0.15) is 0 Å². The molecule has 0 aromatic heterocycles. The summed E-state index contributed by atoms with van der Waals surface area (Å²) in [6.07, 6.45) is -5.71. The van der Waals surface area contributed by atoms with Crippen molar-refractivity contribution in [2.45, 2.75) is 12.7 Å². The normalized spacial score (nSPS) is 17.0. The number of phenolic OH excluding ortho intramolecular Hbond substituents is 1. The second kappa shape index (κ2) is 3.76. The molecule has 0 spiro atoms. The fourth-order valence-electron chi connectivity index (χ4n) is 0.670. The molecule has 0 fully saturated rings. The van der Waals surface area contributed by atoms with Crippen molar-refractivity contribution >= 4 is 5.97 Å². The standard InChI is InChI=1S/C9H10O3/c10-8-4-1-7(2-5-8)3-6-9(11)12/h1-2,4-5,10H,3,6H2,(H,11,12)/i3D2,6D2. The molecule has 0 saturated carbocycles. The van der Waals surface area contributed by atoms with Crippen molar-refractivity contribution in [1.29, 1.82) is 0 Å². The Morgan fingerprint density at radius 1 is 1.42 bits per heavy atom. The summed E-state index contributed by atoms with van der Waals surface area (Å²) in [6, 6.07) is 4.64. The van der Waals surface area contributed by atoms with Gasteiger partial charge in [-0.1, -0.05) is 12.1 Å². The summed E-state index contributed by atoms with van der Waals surface area (Å²) in [6.45, 7) is 0. The number of carbonyl (C=O) groups is 1. The predicted molar refractivity (Wildman–Crippen MR) is 44.1 cm³/mol. The summed E-state index contributed by atoms with van der Waals surface area (Å²) in [5, 5.41) is 17.6. The van der Waals surface area contributed by atoms with Gasteiger partial charge in [0.25, 0.3) is 0 Å². The van der Waals surface area contributed by atoms with Crippen LogP contribution in [0.3, 0.4) is 0 Å². The molecule has 0 heterocycles. The van der Waals surface area contributed by atoms with E-state index in [-0.39, 0.29) is 11.3 Å². The van der Waals surface area contributed by atoms with E-state index in [9.17, 15) is 4.79 Å². The van der Waals surface area contributed by atoms with Crippen LogP contribution in [0.5, 0.6) is 5.75 Å². The first-order valence-electron chi connectivity index (χ1n) is 5.22. The second-order valence-electron chi connectivity index (χ2n) is 2.10. The maximum absolute atomic E-state index is 10.6. The quantitative estimate of drug-likeness (QED) is 0.721. The molecule has 64 valence electrons. The third kappa shape index (κ3) is 2.62. The van der Waals surface area contributed by atoms with E-state index in [1.807, 2.05) is 0 Å². The molecule has 0 aliphatic carbocycles. The van der Waals surface area contributed by atoms with Crippen molar-refractivity contribution in [2.75, 3.05) is 0 Å². The molecule has 0 aliphatic heterocycles. The number of rotatable bonds is 3. The first-order chi connectivity index (χ1) is 7.19. The van der Waals surface area contributed by atoms with E-state index in [1.54, 1.807) is 0 Å². The lowest BCUT2D eigenvalue weighted by Gasteiger charge is -1.97. The van der Waals surface area contributed by atoms with Gasteiger partial charge >= 0.3 is 5.97 Å². The van der Waals surface area contributed by atoms with Gasteiger partial charge in [-0.3, -0.25) is 4.79 Å². The average Bonchev–Trinajstić information content (AvgIpc) is 2.17. The molecule has 0 unspecified atom stereocenters. The summed E-state index contributed by atoms with van der Waals surface area (Å²) >= 11 is 0. The van der Waals surface area contributed by atoms with E-state index in [2.05, 4.69) is 0 Å². The Kier molecular flexibility index (Phi) is 1.41. The van der Waals surface area contributed by atoms with Gasteiger partial charge in [-0.05, 0) is 24.1 Å². The zero-order valence-corrected chi connectivity index (χ0v) is 6.11. The summed E-state index contributed by atoms with van der Waals surface area (Å²) in [5.74, 6) is -1.97. The van der Waals surface area contributed by atoms with Crippen LogP contribution in [0.1, 0.15) is 17.4 Å². The van der Waals surface area contributed by atoms with Gasteiger partial charge in [0.05, 0.1) is 0 Å². The number of aryl methyl sites for hydroxylation is 1. The SMILES string of the molecule is [2H]C([2H])(C(=O)O)C([2H])([2H])c1ccc(O)cc1. The second-order valence-corrected chi connectivity index (χ2v) is 2.10. The number of aliphatic carboxylic acids is 1. The molecule has 12 heavy (non-hydrogen) atoms. The highest BCUT2D eigenvalue weighted by Crippen LogP contribution is 2.10. The fraction of sp³-hybridized carbons (Fsp3) is 0.222. The van der Waals surface area contributed by atoms with Crippen LogP contribution >= 0.6 is 0 Å². The fourth-order valence-corrected chi connectivity index (χ4v) is 0.670. The van der Waals surface area contributed by atoms with E-state index in [0.717, 1.165) is 12.1 Å². The molecule has 0 aliphatic rings. The van der Waals surface area contributed by atoms with Crippen LogP contribution in [-0.2, 0) is 11.2 Å². The molecule has 3 heteroatoms. The lowest BCUT2D eigenvalue weighted by molar-refractivity contribution is -0.136. The number of hydrogen-bond donors (Lipinski definition) is 2. The molecular weight excluding hydrogens is 156 g/mol. The highest BCUT2D eigenvalue weighted by molar-refractivity contribution is 5.67. The minimum atomic E-state index is -3.04. The maximum atomic E-state index is 10.6. The van der Waals surface area contributed by atoms with Crippen molar-refractivity contribution in [3.63, 3.8) is 0 Å². The molecule has 1 aromatic carbocycles. The summed E-state index contributed by atoms with van der Waals surface area (Å²) in [5.41, 5.74) is -0.141.